The summed E-state index contributed by atoms with van der Waals surface area (Å²) in [5, 5.41) is 29.6. The van der Waals surface area contributed by atoms with Crippen molar-refractivity contribution < 1.29 is 24.9 Å². The molecule has 0 aromatic rings. The molecule has 0 amide bonds. The van der Waals surface area contributed by atoms with Crippen molar-refractivity contribution in [2.75, 3.05) is 0 Å². The Hall–Kier alpha value is -2.37. The van der Waals surface area contributed by atoms with Gasteiger partial charge in [-0.05, 0) is 51.5 Å². The second-order valence-corrected chi connectivity index (χ2v) is 7.62. The van der Waals surface area contributed by atoms with E-state index >= 15 is 0 Å². The van der Waals surface area contributed by atoms with Gasteiger partial charge < -0.3 is 20.1 Å². The molecule has 0 radical (unpaired) electrons. The smallest absolute Gasteiger partial charge is 0.306 e. The van der Waals surface area contributed by atoms with Gasteiger partial charge in [0.1, 0.15) is 11.9 Å². The van der Waals surface area contributed by atoms with Crippen LogP contribution in [0.3, 0.4) is 0 Å². The van der Waals surface area contributed by atoms with Gasteiger partial charge in [0.05, 0.1) is 12.2 Å². The molecule has 0 spiro atoms. The van der Waals surface area contributed by atoms with E-state index in [0.717, 1.165) is 19.3 Å². The van der Waals surface area contributed by atoms with Crippen LogP contribution in [0.25, 0.3) is 0 Å². The lowest BCUT2D eigenvalue weighted by Gasteiger charge is -2.11. The first-order valence-electron chi connectivity index (χ1n) is 11.7. The fourth-order valence-electron chi connectivity index (χ4n) is 2.73. The minimum Gasteiger partial charge on any atom is -0.510 e. The first kappa shape index (κ1) is 29.6. The number of carbonyl (C=O) groups excluding carboxylic acids is 1. The van der Waals surface area contributed by atoms with Crippen molar-refractivity contribution in [2.45, 2.75) is 90.4 Å². The van der Waals surface area contributed by atoms with Crippen LogP contribution in [0, 0.1) is 0 Å². The third kappa shape index (κ3) is 18.4. The van der Waals surface area contributed by atoms with E-state index in [4.69, 9.17) is 4.74 Å². The van der Waals surface area contributed by atoms with Gasteiger partial charge in [-0.1, -0.05) is 81.0 Å². The maximum Gasteiger partial charge on any atom is 0.306 e. The number of rotatable bonds is 17. The minimum absolute atomic E-state index is 0.0886. The third-order valence-corrected chi connectivity index (χ3v) is 4.48. The van der Waals surface area contributed by atoms with Crippen molar-refractivity contribution in [3.63, 3.8) is 0 Å². The summed E-state index contributed by atoms with van der Waals surface area (Å²) in [5.41, 5.74) is 0. The Labute approximate surface area is 194 Å². The molecule has 0 saturated carbocycles. The highest BCUT2D eigenvalue weighted by atomic mass is 16.5. The molecule has 0 aromatic carbocycles. The zero-order chi connectivity index (χ0) is 24.0. The van der Waals surface area contributed by atoms with Crippen LogP contribution in [-0.2, 0) is 9.53 Å². The molecule has 5 heteroatoms. The van der Waals surface area contributed by atoms with E-state index in [2.05, 4.69) is 6.92 Å². The molecular formula is C27H42O5. The predicted octanol–water partition coefficient (Wildman–Crippen LogP) is 6.02. The van der Waals surface area contributed by atoms with Crippen LogP contribution >= 0.6 is 0 Å². The van der Waals surface area contributed by atoms with Gasteiger partial charge in [-0.3, -0.25) is 4.79 Å². The van der Waals surface area contributed by atoms with Gasteiger partial charge in [-0.25, -0.2) is 0 Å². The molecule has 0 aliphatic carbocycles. The van der Waals surface area contributed by atoms with Crippen LogP contribution in [0.15, 0.2) is 72.6 Å². The van der Waals surface area contributed by atoms with Crippen molar-refractivity contribution in [1.82, 2.24) is 0 Å². The number of hydrogen-bond acceptors (Lipinski definition) is 5. The summed E-state index contributed by atoms with van der Waals surface area (Å²) >= 11 is 0. The Morgan fingerprint density at radius 2 is 1.59 bits per heavy atom. The van der Waals surface area contributed by atoms with Crippen LogP contribution < -0.4 is 0 Å². The van der Waals surface area contributed by atoms with Crippen molar-refractivity contribution in [3.05, 3.63) is 72.6 Å². The average molecular weight is 447 g/mol. The Balaban J connectivity index is 4.05. The van der Waals surface area contributed by atoms with Crippen LogP contribution in [-0.4, -0.2) is 39.6 Å². The highest BCUT2D eigenvalue weighted by Gasteiger charge is 2.10. The normalized spacial score (nSPS) is 16.1. The van der Waals surface area contributed by atoms with Gasteiger partial charge in [0.25, 0.3) is 0 Å². The number of allylic oxidation sites excluding steroid dienone is 9. The number of ether oxygens (including phenoxy) is 1. The van der Waals surface area contributed by atoms with Gasteiger partial charge in [-0.15, -0.1) is 0 Å². The number of carbonyl (C=O) groups is 1. The van der Waals surface area contributed by atoms with Gasteiger partial charge >= 0.3 is 5.97 Å². The molecule has 3 atom stereocenters. The van der Waals surface area contributed by atoms with Gasteiger partial charge in [0, 0.05) is 6.42 Å². The topological polar surface area (TPSA) is 87.0 Å². The Morgan fingerprint density at radius 1 is 0.906 bits per heavy atom. The molecule has 0 aliphatic heterocycles. The number of esters is 1. The van der Waals surface area contributed by atoms with E-state index in [1.54, 1.807) is 6.08 Å². The number of hydrogen-bond donors (Lipinski definition) is 3. The summed E-state index contributed by atoms with van der Waals surface area (Å²) < 4.78 is 5.24. The maximum atomic E-state index is 11.7. The first-order chi connectivity index (χ1) is 15.4. The zero-order valence-electron chi connectivity index (χ0n) is 19.9. The number of aliphatic hydroxyl groups excluding tert-OH is 3. The van der Waals surface area contributed by atoms with Gasteiger partial charge in [-0.2, -0.15) is 0 Å². The predicted molar refractivity (Wildman–Crippen MR) is 132 cm³/mol. The molecule has 1 unspecified atom stereocenters. The summed E-state index contributed by atoms with van der Waals surface area (Å²) in [6.45, 7) is 5.97. The summed E-state index contributed by atoms with van der Waals surface area (Å²) in [7, 11) is 0. The second kappa shape index (κ2) is 20.5. The van der Waals surface area contributed by atoms with E-state index in [9.17, 15) is 20.1 Å². The highest BCUT2D eigenvalue weighted by molar-refractivity contribution is 5.69. The summed E-state index contributed by atoms with van der Waals surface area (Å²) in [5.74, 6) is -0.394. The van der Waals surface area contributed by atoms with Crippen molar-refractivity contribution in [3.8, 4) is 0 Å². The fraction of sp³-hybridized carbons (Fsp3) is 0.519. The monoisotopic (exact) mass is 446 g/mol. The maximum absolute atomic E-state index is 11.7. The lowest BCUT2D eigenvalue weighted by atomic mass is 10.1. The quantitative estimate of drug-likeness (QED) is 0.110. The molecule has 0 aromatic heterocycles. The number of aliphatic hydroxyl groups is 3. The summed E-state index contributed by atoms with van der Waals surface area (Å²) in [6.07, 6.45) is 23.7. The molecule has 32 heavy (non-hydrogen) atoms. The van der Waals surface area contributed by atoms with E-state index in [0.29, 0.717) is 25.7 Å². The molecule has 0 saturated heterocycles. The van der Waals surface area contributed by atoms with Crippen LogP contribution in [0.2, 0.25) is 0 Å². The van der Waals surface area contributed by atoms with Crippen LogP contribution in [0.5, 0.6) is 0 Å². The SMILES string of the molecule is CC/C=C\C[C@H](O)/C=C/C=C\C=C\C=C\CC[C@@H](O)/C(O)=C\CCC(=O)OC(C)CCC. The molecule has 0 aliphatic rings. The lowest BCUT2D eigenvalue weighted by Crippen LogP contribution is -2.14. The molecule has 0 heterocycles. The minimum atomic E-state index is -0.942. The van der Waals surface area contributed by atoms with Gasteiger partial charge in [0.2, 0.25) is 0 Å². The van der Waals surface area contributed by atoms with Gasteiger partial charge in [0.15, 0.2) is 0 Å². The average Bonchev–Trinajstić information content (AvgIpc) is 2.75. The van der Waals surface area contributed by atoms with Crippen molar-refractivity contribution in [2.24, 2.45) is 0 Å². The van der Waals surface area contributed by atoms with Crippen molar-refractivity contribution in [1.29, 1.82) is 0 Å². The van der Waals surface area contributed by atoms with E-state index in [-0.39, 0.29) is 24.3 Å². The Kier molecular flexibility index (Phi) is 19.0. The zero-order valence-corrected chi connectivity index (χ0v) is 19.9. The van der Waals surface area contributed by atoms with Crippen molar-refractivity contribution >= 4 is 5.97 Å². The highest BCUT2D eigenvalue weighted by Crippen LogP contribution is 2.10. The first-order valence-corrected chi connectivity index (χ1v) is 11.7. The molecule has 0 rings (SSSR count). The standard InChI is InChI=1S/C27H42O5/c1-4-6-13-18-24(28)19-14-11-9-7-8-10-12-15-20-25(29)26(30)21-16-22-27(31)32-23(3)17-5-2/h6-14,19,21,23-25,28-30H,4-5,15-18,20,22H2,1-3H3/b8-7+,11-9-,12-10+,13-6-,19-14+,26-21+/t23?,24-,25+/m0/s1. The molecule has 3 N–H and O–H groups in total. The summed E-state index contributed by atoms with van der Waals surface area (Å²) in [4.78, 5) is 11.7. The lowest BCUT2D eigenvalue weighted by molar-refractivity contribution is -0.148. The fourth-order valence-corrected chi connectivity index (χ4v) is 2.73. The Bertz CT molecular complexity index is 655. The molecular weight excluding hydrogens is 404 g/mol. The Morgan fingerprint density at radius 3 is 2.28 bits per heavy atom. The largest absolute Gasteiger partial charge is 0.510 e. The van der Waals surface area contributed by atoms with E-state index in [1.165, 1.54) is 6.08 Å². The molecule has 0 fully saturated rings. The second-order valence-electron chi connectivity index (χ2n) is 7.62. The molecule has 180 valence electrons. The van der Waals surface area contributed by atoms with E-state index < -0.39 is 12.2 Å². The van der Waals surface area contributed by atoms with Crippen LogP contribution in [0.1, 0.15) is 72.1 Å². The van der Waals surface area contributed by atoms with E-state index in [1.807, 2.05) is 68.5 Å². The summed E-state index contributed by atoms with van der Waals surface area (Å²) in [6, 6.07) is 0. The molecule has 0 bridgehead atoms. The molecule has 5 nitrogen and oxygen atoms in total. The van der Waals surface area contributed by atoms with Crippen LogP contribution in [0.4, 0.5) is 0 Å². The third-order valence-electron chi connectivity index (χ3n) is 4.48.